The lowest BCUT2D eigenvalue weighted by atomic mass is 10.1. The second-order valence-electron chi connectivity index (χ2n) is 5.34. The molecule has 1 unspecified atom stereocenters. The predicted molar refractivity (Wildman–Crippen MR) is 82.0 cm³/mol. The van der Waals surface area contributed by atoms with E-state index < -0.39 is 9.84 Å². The molecule has 1 aromatic carbocycles. The molecular weight excluding hydrogens is 292 g/mol. The SMILES string of the molecule is Nc1ccc2nc(NCC3CCS(=O)(=O)C3)[nH]c(=O)c2c1. The summed E-state index contributed by atoms with van der Waals surface area (Å²) in [7, 11) is -2.89. The number of sulfone groups is 1. The van der Waals surface area contributed by atoms with Gasteiger partial charge in [-0.05, 0) is 30.5 Å². The van der Waals surface area contributed by atoms with Gasteiger partial charge in [-0.25, -0.2) is 13.4 Å². The lowest BCUT2D eigenvalue weighted by molar-refractivity contribution is 0.595. The third-order valence-corrected chi connectivity index (χ3v) is 5.45. The first-order valence-electron chi connectivity index (χ1n) is 6.67. The van der Waals surface area contributed by atoms with E-state index in [9.17, 15) is 13.2 Å². The van der Waals surface area contributed by atoms with Crippen molar-refractivity contribution in [2.45, 2.75) is 6.42 Å². The van der Waals surface area contributed by atoms with Gasteiger partial charge in [-0.2, -0.15) is 0 Å². The van der Waals surface area contributed by atoms with Crippen molar-refractivity contribution in [1.82, 2.24) is 9.97 Å². The van der Waals surface area contributed by atoms with Gasteiger partial charge in [0.1, 0.15) is 0 Å². The molecule has 0 amide bonds. The maximum Gasteiger partial charge on any atom is 0.260 e. The molecule has 0 spiro atoms. The van der Waals surface area contributed by atoms with Crippen molar-refractivity contribution >= 4 is 32.4 Å². The molecule has 21 heavy (non-hydrogen) atoms. The summed E-state index contributed by atoms with van der Waals surface area (Å²) >= 11 is 0. The maximum absolute atomic E-state index is 12.0. The number of H-pyrrole nitrogens is 1. The normalized spacial score (nSPS) is 20.7. The Hall–Kier alpha value is -2.09. The smallest absolute Gasteiger partial charge is 0.260 e. The molecule has 0 aliphatic carbocycles. The number of nitrogens with one attached hydrogen (secondary N) is 2. The molecule has 0 radical (unpaired) electrons. The molecule has 2 aromatic rings. The van der Waals surface area contributed by atoms with Crippen molar-refractivity contribution in [1.29, 1.82) is 0 Å². The molecule has 1 atom stereocenters. The zero-order chi connectivity index (χ0) is 15.0. The van der Waals surface area contributed by atoms with Crippen LogP contribution in [0.3, 0.4) is 0 Å². The van der Waals surface area contributed by atoms with Crippen molar-refractivity contribution in [2.75, 3.05) is 29.1 Å². The molecule has 2 heterocycles. The van der Waals surface area contributed by atoms with Gasteiger partial charge in [-0.15, -0.1) is 0 Å². The second-order valence-corrected chi connectivity index (χ2v) is 7.57. The standard InChI is InChI=1S/C13H16N4O3S/c14-9-1-2-11-10(5-9)12(18)17-13(16-11)15-6-8-3-4-21(19,20)7-8/h1-2,5,8H,3-4,6-7,14H2,(H2,15,16,17,18). The molecule has 4 N–H and O–H groups in total. The summed E-state index contributed by atoms with van der Waals surface area (Å²) in [6.45, 7) is 0.475. The molecule has 0 saturated carbocycles. The van der Waals surface area contributed by atoms with Crippen LogP contribution in [0.5, 0.6) is 0 Å². The lowest BCUT2D eigenvalue weighted by Crippen LogP contribution is -2.19. The molecule has 1 aromatic heterocycles. The number of nitrogens with zero attached hydrogens (tertiary/aromatic N) is 1. The maximum atomic E-state index is 12.0. The minimum absolute atomic E-state index is 0.0578. The van der Waals surface area contributed by atoms with Crippen LogP contribution in [0.2, 0.25) is 0 Å². The van der Waals surface area contributed by atoms with E-state index in [0.29, 0.717) is 35.5 Å². The lowest BCUT2D eigenvalue weighted by Gasteiger charge is -2.10. The first kappa shape index (κ1) is 13.9. The summed E-state index contributed by atoms with van der Waals surface area (Å²) in [5.41, 5.74) is 6.43. The highest BCUT2D eigenvalue weighted by molar-refractivity contribution is 7.91. The zero-order valence-corrected chi connectivity index (χ0v) is 12.1. The van der Waals surface area contributed by atoms with Gasteiger partial charge in [-0.1, -0.05) is 0 Å². The quantitative estimate of drug-likeness (QED) is 0.704. The number of aromatic amines is 1. The molecule has 3 rings (SSSR count). The van der Waals surface area contributed by atoms with Crippen LogP contribution < -0.4 is 16.6 Å². The van der Waals surface area contributed by atoms with Gasteiger partial charge >= 0.3 is 0 Å². The number of fused-ring (bicyclic) bond motifs is 1. The van der Waals surface area contributed by atoms with Crippen LogP contribution in [-0.2, 0) is 9.84 Å². The summed E-state index contributed by atoms with van der Waals surface area (Å²) in [5, 5.41) is 3.44. The number of benzene rings is 1. The summed E-state index contributed by atoms with van der Waals surface area (Å²) in [4.78, 5) is 18.9. The van der Waals surface area contributed by atoms with E-state index in [-0.39, 0.29) is 23.0 Å². The van der Waals surface area contributed by atoms with Crippen molar-refractivity contribution in [3.63, 3.8) is 0 Å². The number of rotatable bonds is 3. The van der Waals surface area contributed by atoms with Gasteiger partial charge in [0, 0.05) is 12.2 Å². The minimum atomic E-state index is -2.89. The fourth-order valence-corrected chi connectivity index (χ4v) is 4.38. The molecule has 1 aliphatic heterocycles. The Morgan fingerprint density at radius 3 is 2.95 bits per heavy atom. The Morgan fingerprint density at radius 1 is 1.43 bits per heavy atom. The van der Waals surface area contributed by atoms with Crippen LogP contribution in [0.15, 0.2) is 23.0 Å². The Labute approximate surface area is 121 Å². The zero-order valence-electron chi connectivity index (χ0n) is 11.3. The largest absolute Gasteiger partial charge is 0.399 e. The Morgan fingerprint density at radius 2 is 2.24 bits per heavy atom. The van der Waals surface area contributed by atoms with Gasteiger partial charge in [-0.3, -0.25) is 9.78 Å². The highest BCUT2D eigenvalue weighted by Gasteiger charge is 2.27. The minimum Gasteiger partial charge on any atom is -0.399 e. The second kappa shape index (κ2) is 5.03. The van der Waals surface area contributed by atoms with Crippen molar-refractivity contribution < 1.29 is 8.42 Å². The first-order chi connectivity index (χ1) is 9.93. The van der Waals surface area contributed by atoms with Crippen molar-refractivity contribution in [2.24, 2.45) is 5.92 Å². The molecule has 8 heteroatoms. The molecular formula is C13H16N4O3S. The molecule has 1 saturated heterocycles. The van der Waals surface area contributed by atoms with Crippen LogP contribution >= 0.6 is 0 Å². The van der Waals surface area contributed by atoms with Gasteiger partial charge in [0.05, 0.1) is 22.4 Å². The predicted octanol–water partition coefficient (Wildman–Crippen LogP) is 0.352. The van der Waals surface area contributed by atoms with Crippen LogP contribution in [-0.4, -0.2) is 36.4 Å². The highest BCUT2D eigenvalue weighted by atomic mass is 32.2. The fourth-order valence-electron chi connectivity index (χ4n) is 2.51. The van der Waals surface area contributed by atoms with E-state index in [1.165, 1.54) is 0 Å². The fraction of sp³-hybridized carbons (Fsp3) is 0.385. The van der Waals surface area contributed by atoms with Gasteiger partial charge in [0.25, 0.3) is 5.56 Å². The monoisotopic (exact) mass is 308 g/mol. The first-order valence-corrected chi connectivity index (χ1v) is 8.49. The van der Waals surface area contributed by atoms with Gasteiger partial charge < -0.3 is 11.1 Å². The number of aromatic nitrogens is 2. The van der Waals surface area contributed by atoms with Crippen LogP contribution in [0.25, 0.3) is 10.9 Å². The van der Waals surface area contributed by atoms with E-state index in [0.717, 1.165) is 0 Å². The molecule has 1 fully saturated rings. The summed E-state index contributed by atoms with van der Waals surface area (Å²) < 4.78 is 22.8. The van der Waals surface area contributed by atoms with Gasteiger partial charge in [0.2, 0.25) is 5.95 Å². The van der Waals surface area contributed by atoms with Crippen LogP contribution in [0, 0.1) is 5.92 Å². The van der Waals surface area contributed by atoms with Crippen LogP contribution in [0.1, 0.15) is 6.42 Å². The number of hydrogen-bond acceptors (Lipinski definition) is 6. The summed E-state index contributed by atoms with van der Waals surface area (Å²) in [6.07, 6.45) is 0.643. The number of hydrogen-bond donors (Lipinski definition) is 3. The van der Waals surface area contributed by atoms with Crippen molar-refractivity contribution in [3.05, 3.63) is 28.6 Å². The molecule has 0 bridgehead atoms. The Balaban J connectivity index is 1.79. The average molecular weight is 308 g/mol. The van der Waals surface area contributed by atoms with E-state index in [4.69, 9.17) is 5.73 Å². The third-order valence-electron chi connectivity index (χ3n) is 3.61. The average Bonchev–Trinajstić information content (AvgIpc) is 2.77. The van der Waals surface area contributed by atoms with E-state index in [1.54, 1.807) is 18.2 Å². The highest BCUT2D eigenvalue weighted by Crippen LogP contribution is 2.19. The van der Waals surface area contributed by atoms with Gasteiger partial charge in [0.15, 0.2) is 9.84 Å². The molecule has 7 nitrogen and oxygen atoms in total. The van der Waals surface area contributed by atoms with E-state index >= 15 is 0 Å². The van der Waals surface area contributed by atoms with E-state index in [1.807, 2.05) is 0 Å². The Bertz CT molecular complexity index is 844. The number of nitrogens with two attached hydrogens (primary N) is 1. The number of anilines is 2. The number of nitrogen functional groups attached to an aromatic ring is 1. The Kier molecular flexibility index (Phi) is 3.32. The summed E-state index contributed by atoms with van der Waals surface area (Å²) in [5.74, 6) is 0.832. The molecule has 1 aliphatic rings. The van der Waals surface area contributed by atoms with Crippen molar-refractivity contribution in [3.8, 4) is 0 Å². The molecule has 112 valence electrons. The third kappa shape index (κ3) is 2.99. The topological polar surface area (TPSA) is 118 Å². The van der Waals surface area contributed by atoms with Crippen LogP contribution in [0.4, 0.5) is 11.6 Å². The summed E-state index contributed by atoms with van der Waals surface area (Å²) in [6, 6.07) is 4.95. The van der Waals surface area contributed by atoms with E-state index in [2.05, 4.69) is 15.3 Å².